The maximum absolute atomic E-state index is 13.4. The summed E-state index contributed by atoms with van der Waals surface area (Å²) in [6, 6.07) is 5.04. The smallest absolute Gasteiger partial charge is 0.406 e. The Labute approximate surface area is 236 Å². The lowest BCUT2D eigenvalue weighted by Gasteiger charge is -2.25. The number of nitrogens with one attached hydrogen (secondary N) is 1. The highest BCUT2D eigenvalue weighted by Gasteiger charge is 2.38. The Morgan fingerprint density at radius 3 is 2.63 bits per heavy atom. The number of anilines is 1. The molecule has 13 heteroatoms. The fraction of sp³-hybridized carbons (Fsp3) is 0.571. The number of amides is 1. The number of benzene rings is 1. The minimum absolute atomic E-state index is 0.0485. The van der Waals surface area contributed by atoms with E-state index < -0.39 is 55.1 Å². The van der Waals surface area contributed by atoms with Gasteiger partial charge in [0.2, 0.25) is 18.6 Å². The van der Waals surface area contributed by atoms with Crippen LogP contribution in [0.1, 0.15) is 50.4 Å². The lowest BCUT2D eigenvalue weighted by atomic mass is 9.94. The number of ether oxygens (including phenoxy) is 3. The molecule has 0 bridgehead atoms. The van der Waals surface area contributed by atoms with Crippen molar-refractivity contribution >= 4 is 23.8 Å². The number of imidazole rings is 1. The van der Waals surface area contributed by atoms with Gasteiger partial charge in [0, 0.05) is 32.3 Å². The lowest BCUT2D eigenvalue weighted by Crippen LogP contribution is -2.41. The molecule has 3 heterocycles. The first-order valence-electron chi connectivity index (χ1n) is 13.5. The van der Waals surface area contributed by atoms with E-state index in [1.54, 1.807) is 39.0 Å². The van der Waals surface area contributed by atoms with E-state index in [1.165, 1.54) is 0 Å². The molecule has 0 saturated heterocycles. The predicted octanol–water partition coefficient (Wildman–Crippen LogP) is 3.86. The molecule has 0 aliphatic carbocycles. The van der Waals surface area contributed by atoms with Crippen LogP contribution in [0.4, 0.5) is 19.1 Å². The second kappa shape index (κ2) is 12.4. The zero-order chi connectivity index (χ0) is 29.8. The summed E-state index contributed by atoms with van der Waals surface area (Å²) in [6.07, 6.45) is -1.49. The standard InChI is InChI=1S/C28H35F3N4O6/c1-27(2,3)25(38)41-17-40-23(36)13-19-11-18-5-6-22(12-20(18)14-35(24(19)37)16-28(29,30)31)39-10-7-21-15-34-9-4-8-32-26(34)33-21/h5-6,12,15,19H,4,7-11,13-14,16-17H2,1-3H3,(H,32,33). The molecule has 0 fully saturated rings. The van der Waals surface area contributed by atoms with E-state index in [1.807, 2.05) is 6.20 Å². The number of esters is 2. The van der Waals surface area contributed by atoms with E-state index in [-0.39, 0.29) is 13.0 Å². The van der Waals surface area contributed by atoms with Crippen LogP contribution in [0.15, 0.2) is 24.4 Å². The number of fused-ring (bicyclic) bond motifs is 2. The summed E-state index contributed by atoms with van der Waals surface area (Å²) in [5.41, 5.74) is 1.22. The molecule has 41 heavy (non-hydrogen) atoms. The van der Waals surface area contributed by atoms with Gasteiger partial charge in [0.05, 0.1) is 30.1 Å². The maximum Gasteiger partial charge on any atom is 0.406 e. The van der Waals surface area contributed by atoms with E-state index in [9.17, 15) is 27.6 Å². The van der Waals surface area contributed by atoms with Gasteiger partial charge in [-0.1, -0.05) is 6.07 Å². The van der Waals surface area contributed by atoms with Gasteiger partial charge >= 0.3 is 18.1 Å². The molecule has 0 spiro atoms. The molecule has 2 aromatic rings. The quantitative estimate of drug-likeness (QED) is 0.352. The van der Waals surface area contributed by atoms with E-state index >= 15 is 0 Å². The number of nitrogens with zero attached hydrogens (tertiary/aromatic N) is 3. The molecule has 1 amide bonds. The van der Waals surface area contributed by atoms with E-state index in [4.69, 9.17) is 14.2 Å². The third-order valence-electron chi connectivity index (χ3n) is 6.78. The van der Waals surface area contributed by atoms with Crippen LogP contribution in [-0.4, -0.2) is 65.0 Å². The maximum atomic E-state index is 13.4. The van der Waals surface area contributed by atoms with Crippen LogP contribution in [0.5, 0.6) is 5.75 Å². The first-order valence-corrected chi connectivity index (χ1v) is 13.5. The van der Waals surface area contributed by atoms with Crippen LogP contribution in [0.3, 0.4) is 0 Å². The van der Waals surface area contributed by atoms with Crippen LogP contribution in [0, 0.1) is 11.3 Å². The number of aryl methyl sites for hydroxylation is 1. The number of hydrogen-bond acceptors (Lipinski definition) is 8. The molecule has 1 unspecified atom stereocenters. The molecule has 0 radical (unpaired) electrons. The molecule has 224 valence electrons. The fourth-order valence-electron chi connectivity index (χ4n) is 4.69. The molecular weight excluding hydrogens is 545 g/mol. The van der Waals surface area contributed by atoms with Crippen LogP contribution < -0.4 is 10.1 Å². The molecule has 1 aromatic heterocycles. The van der Waals surface area contributed by atoms with Crippen molar-refractivity contribution in [3.05, 3.63) is 41.2 Å². The zero-order valence-corrected chi connectivity index (χ0v) is 23.4. The number of aromatic nitrogens is 2. The van der Waals surface area contributed by atoms with Gasteiger partial charge in [-0.3, -0.25) is 14.4 Å². The minimum Gasteiger partial charge on any atom is -0.493 e. The third kappa shape index (κ3) is 8.37. The lowest BCUT2D eigenvalue weighted by molar-refractivity contribution is -0.175. The number of halogens is 3. The summed E-state index contributed by atoms with van der Waals surface area (Å²) in [5.74, 6) is -2.02. The second-order valence-electron chi connectivity index (χ2n) is 11.3. The first kappa shape index (κ1) is 30.2. The van der Waals surface area contributed by atoms with E-state index in [2.05, 4.69) is 14.9 Å². The van der Waals surface area contributed by atoms with Crippen molar-refractivity contribution in [2.45, 2.75) is 65.7 Å². The fourth-order valence-corrected chi connectivity index (χ4v) is 4.69. The second-order valence-corrected chi connectivity index (χ2v) is 11.3. The van der Waals surface area contributed by atoms with Gasteiger partial charge in [-0.25, -0.2) is 4.98 Å². The summed E-state index contributed by atoms with van der Waals surface area (Å²) in [6.45, 7) is 4.62. The Kier molecular flexibility index (Phi) is 9.13. The molecule has 0 saturated carbocycles. The van der Waals surface area contributed by atoms with Crippen molar-refractivity contribution in [3.63, 3.8) is 0 Å². The summed E-state index contributed by atoms with van der Waals surface area (Å²) in [4.78, 5) is 42.7. The van der Waals surface area contributed by atoms with Gasteiger partial charge in [-0.15, -0.1) is 0 Å². The topological polar surface area (TPSA) is 112 Å². The van der Waals surface area contributed by atoms with Gasteiger partial charge in [-0.2, -0.15) is 13.2 Å². The number of carbonyl (C=O) groups is 3. The Morgan fingerprint density at radius 1 is 1.15 bits per heavy atom. The molecule has 2 aliphatic rings. The monoisotopic (exact) mass is 580 g/mol. The molecule has 1 aromatic carbocycles. The van der Waals surface area contributed by atoms with Crippen molar-refractivity contribution in [2.75, 3.05) is 31.8 Å². The van der Waals surface area contributed by atoms with Crippen molar-refractivity contribution in [2.24, 2.45) is 11.3 Å². The number of hydrogen-bond donors (Lipinski definition) is 1. The van der Waals surface area contributed by atoms with Crippen molar-refractivity contribution in [1.29, 1.82) is 0 Å². The highest BCUT2D eigenvalue weighted by Crippen LogP contribution is 2.30. The average molecular weight is 581 g/mol. The molecule has 1 atom stereocenters. The SMILES string of the molecule is CC(C)(C)C(=O)OCOC(=O)CC1Cc2ccc(OCCc3cn4c(n3)NCCC4)cc2CN(CC(F)(F)F)C1=O. The first-order chi connectivity index (χ1) is 19.3. The van der Waals surface area contributed by atoms with Gasteiger partial charge in [0.25, 0.3) is 0 Å². The van der Waals surface area contributed by atoms with Crippen LogP contribution >= 0.6 is 0 Å². The van der Waals surface area contributed by atoms with Gasteiger partial charge < -0.3 is 29.0 Å². The molecule has 2 aliphatic heterocycles. The summed E-state index contributed by atoms with van der Waals surface area (Å²) < 4.78 is 57.9. The van der Waals surface area contributed by atoms with Crippen LogP contribution in [0.2, 0.25) is 0 Å². The predicted molar refractivity (Wildman–Crippen MR) is 141 cm³/mol. The van der Waals surface area contributed by atoms with E-state index in [0.29, 0.717) is 34.8 Å². The molecule has 4 rings (SSSR count). The third-order valence-corrected chi connectivity index (χ3v) is 6.78. The number of alkyl halides is 3. The van der Waals surface area contributed by atoms with Crippen LogP contribution in [0.25, 0.3) is 0 Å². The largest absolute Gasteiger partial charge is 0.493 e. The summed E-state index contributed by atoms with van der Waals surface area (Å²) >= 11 is 0. The molecule has 1 N–H and O–H groups in total. The zero-order valence-electron chi connectivity index (χ0n) is 23.4. The van der Waals surface area contributed by atoms with Crippen molar-refractivity contribution in [1.82, 2.24) is 14.5 Å². The summed E-state index contributed by atoms with van der Waals surface area (Å²) in [7, 11) is 0. The Morgan fingerprint density at radius 2 is 1.93 bits per heavy atom. The number of rotatable bonds is 9. The Hall–Kier alpha value is -3.77. The van der Waals surface area contributed by atoms with Crippen LogP contribution in [-0.2, 0) is 49.8 Å². The average Bonchev–Trinajstić information content (AvgIpc) is 3.25. The minimum atomic E-state index is -4.63. The van der Waals surface area contributed by atoms with Gasteiger partial charge in [0.1, 0.15) is 12.3 Å². The van der Waals surface area contributed by atoms with Crippen molar-refractivity contribution in [3.8, 4) is 5.75 Å². The summed E-state index contributed by atoms with van der Waals surface area (Å²) in [5, 5.41) is 3.24. The highest BCUT2D eigenvalue weighted by molar-refractivity contribution is 5.85. The Bertz CT molecular complexity index is 1250. The normalized spacial score (nSPS) is 17.2. The molecular formula is C28H35F3N4O6. The number of carbonyl (C=O) groups excluding carboxylic acids is 3. The van der Waals surface area contributed by atoms with E-state index in [0.717, 1.165) is 31.2 Å². The highest BCUT2D eigenvalue weighted by atomic mass is 19.4. The Balaban J connectivity index is 1.41. The van der Waals surface area contributed by atoms with Gasteiger partial charge in [0.15, 0.2) is 0 Å². The molecule has 10 nitrogen and oxygen atoms in total. The van der Waals surface area contributed by atoms with Crippen molar-refractivity contribution < 1.29 is 41.8 Å². The van der Waals surface area contributed by atoms with Gasteiger partial charge in [-0.05, 0) is 56.9 Å².